The number of hydrogen-bond acceptors (Lipinski definition) is 2. The Bertz CT molecular complexity index is 459. The van der Waals surface area contributed by atoms with E-state index in [9.17, 15) is 0 Å². The Kier molecular flexibility index (Phi) is 2.78. The largest absolute Gasteiger partial charge is 0.464 e. The van der Waals surface area contributed by atoms with Crippen LogP contribution in [0.1, 0.15) is 18.1 Å². The third kappa shape index (κ3) is 2.05. The van der Waals surface area contributed by atoms with Crippen molar-refractivity contribution < 1.29 is 4.42 Å². The number of rotatable bonds is 3. The summed E-state index contributed by atoms with van der Waals surface area (Å²) < 4.78 is 5.55. The first-order valence-electron chi connectivity index (χ1n) is 5.34. The smallest absolute Gasteiger partial charge is 0.134 e. The SMILES string of the molecule is CNC(C)Cc1coc2cc(C)ccc12. The van der Waals surface area contributed by atoms with Gasteiger partial charge in [-0.3, -0.25) is 0 Å². The number of aryl methyl sites for hydroxylation is 1. The molecule has 0 saturated heterocycles. The van der Waals surface area contributed by atoms with E-state index in [1.807, 2.05) is 13.3 Å². The molecule has 0 spiro atoms. The van der Waals surface area contributed by atoms with E-state index < -0.39 is 0 Å². The second-order valence-electron chi connectivity index (χ2n) is 4.15. The molecule has 0 bridgehead atoms. The summed E-state index contributed by atoms with van der Waals surface area (Å²) >= 11 is 0. The Morgan fingerprint density at radius 2 is 2.20 bits per heavy atom. The molecule has 0 fully saturated rings. The molecule has 80 valence electrons. The Labute approximate surface area is 90.3 Å². The normalized spacial score (nSPS) is 13.3. The van der Waals surface area contributed by atoms with Gasteiger partial charge >= 0.3 is 0 Å². The molecule has 2 heteroatoms. The first-order chi connectivity index (χ1) is 7.20. The Morgan fingerprint density at radius 3 is 2.93 bits per heavy atom. The summed E-state index contributed by atoms with van der Waals surface area (Å²) in [4.78, 5) is 0. The number of nitrogens with one attached hydrogen (secondary N) is 1. The molecule has 1 aromatic heterocycles. The van der Waals surface area contributed by atoms with Gasteiger partial charge in [0.2, 0.25) is 0 Å². The number of likely N-dealkylation sites (N-methyl/N-ethyl adjacent to an activating group) is 1. The standard InChI is InChI=1S/C13H17NO/c1-9-4-5-12-11(7-10(2)14-3)8-15-13(12)6-9/h4-6,8,10,14H,7H2,1-3H3. The topological polar surface area (TPSA) is 25.2 Å². The number of benzene rings is 1. The van der Waals surface area contributed by atoms with Crippen LogP contribution in [0.15, 0.2) is 28.9 Å². The van der Waals surface area contributed by atoms with Crippen molar-refractivity contribution in [2.45, 2.75) is 26.3 Å². The van der Waals surface area contributed by atoms with Gasteiger partial charge in [-0.25, -0.2) is 0 Å². The van der Waals surface area contributed by atoms with Crippen molar-refractivity contribution in [2.75, 3.05) is 7.05 Å². The maximum absolute atomic E-state index is 5.55. The zero-order chi connectivity index (χ0) is 10.8. The van der Waals surface area contributed by atoms with Crippen molar-refractivity contribution in [2.24, 2.45) is 0 Å². The quantitative estimate of drug-likeness (QED) is 0.829. The van der Waals surface area contributed by atoms with Crippen LogP contribution in [0.3, 0.4) is 0 Å². The monoisotopic (exact) mass is 203 g/mol. The van der Waals surface area contributed by atoms with Gasteiger partial charge in [0.25, 0.3) is 0 Å². The maximum atomic E-state index is 5.55. The molecule has 0 saturated carbocycles. The average molecular weight is 203 g/mol. The molecule has 1 aromatic carbocycles. The molecule has 1 N–H and O–H groups in total. The van der Waals surface area contributed by atoms with Crippen LogP contribution in [0.25, 0.3) is 11.0 Å². The summed E-state index contributed by atoms with van der Waals surface area (Å²) in [5.41, 5.74) is 3.52. The summed E-state index contributed by atoms with van der Waals surface area (Å²) in [7, 11) is 1.98. The third-order valence-electron chi connectivity index (χ3n) is 2.83. The lowest BCUT2D eigenvalue weighted by atomic mass is 10.1. The van der Waals surface area contributed by atoms with Crippen LogP contribution in [0.5, 0.6) is 0 Å². The highest BCUT2D eigenvalue weighted by atomic mass is 16.3. The highest BCUT2D eigenvalue weighted by molar-refractivity contribution is 5.81. The Balaban J connectivity index is 2.36. The second-order valence-corrected chi connectivity index (χ2v) is 4.15. The minimum Gasteiger partial charge on any atom is -0.464 e. The lowest BCUT2D eigenvalue weighted by molar-refractivity contribution is 0.583. The van der Waals surface area contributed by atoms with Gasteiger partial charge in [0.05, 0.1) is 6.26 Å². The van der Waals surface area contributed by atoms with Crippen molar-refractivity contribution in [1.29, 1.82) is 0 Å². The molecule has 15 heavy (non-hydrogen) atoms. The highest BCUT2D eigenvalue weighted by Gasteiger charge is 2.08. The van der Waals surface area contributed by atoms with E-state index >= 15 is 0 Å². The molecule has 2 rings (SSSR count). The molecule has 0 amide bonds. The predicted octanol–water partition coefficient (Wildman–Crippen LogP) is 2.89. The van der Waals surface area contributed by atoms with Crippen LogP contribution >= 0.6 is 0 Å². The van der Waals surface area contributed by atoms with Crippen LogP contribution < -0.4 is 5.32 Å². The van der Waals surface area contributed by atoms with Crippen molar-refractivity contribution in [1.82, 2.24) is 5.32 Å². The molecule has 0 radical (unpaired) electrons. The molecule has 2 aromatic rings. The minimum atomic E-state index is 0.479. The van der Waals surface area contributed by atoms with Crippen molar-refractivity contribution >= 4 is 11.0 Å². The fourth-order valence-corrected chi connectivity index (χ4v) is 1.78. The maximum Gasteiger partial charge on any atom is 0.134 e. The zero-order valence-corrected chi connectivity index (χ0v) is 9.50. The van der Waals surface area contributed by atoms with E-state index in [-0.39, 0.29) is 0 Å². The molecular formula is C13H17NO. The van der Waals surface area contributed by atoms with Gasteiger partial charge < -0.3 is 9.73 Å². The van der Waals surface area contributed by atoms with Gasteiger partial charge in [0.15, 0.2) is 0 Å². The lowest BCUT2D eigenvalue weighted by Gasteiger charge is -2.07. The first-order valence-corrected chi connectivity index (χ1v) is 5.34. The van der Waals surface area contributed by atoms with Gasteiger partial charge in [-0.1, -0.05) is 12.1 Å². The van der Waals surface area contributed by atoms with E-state index in [1.165, 1.54) is 16.5 Å². The van der Waals surface area contributed by atoms with Crippen LogP contribution in [-0.2, 0) is 6.42 Å². The minimum absolute atomic E-state index is 0.479. The van der Waals surface area contributed by atoms with Crippen molar-refractivity contribution in [3.8, 4) is 0 Å². The Hall–Kier alpha value is -1.28. The van der Waals surface area contributed by atoms with Crippen molar-refractivity contribution in [3.05, 3.63) is 35.6 Å². The lowest BCUT2D eigenvalue weighted by Crippen LogP contribution is -2.23. The van der Waals surface area contributed by atoms with E-state index in [2.05, 4.69) is 37.4 Å². The fourth-order valence-electron chi connectivity index (χ4n) is 1.78. The highest BCUT2D eigenvalue weighted by Crippen LogP contribution is 2.23. The second kappa shape index (κ2) is 4.07. The fraction of sp³-hybridized carbons (Fsp3) is 0.385. The molecule has 2 nitrogen and oxygen atoms in total. The van der Waals surface area contributed by atoms with Crippen LogP contribution in [0.2, 0.25) is 0 Å². The number of fused-ring (bicyclic) bond motifs is 1. The molecule has 1 atom stereocenters. The molecule has 0 aliphatic heterocycles. The van der Waals surface area contributed by atoms with Gasteiger partial charge in [-0.2, -0.15) is 0 Å². The molecular weight excluding hydrogens is 186 g/mol. The molecule has 0 aliphatic rings. The average Bonchev–Trinajstić information content (AvgIpc) is 2.60. The van der Waals surface area contributed by atoms with Gasteiger partial charge in [0.1, 0.15) is 5.58 Å². The van der Waals surface area contributed by atoms with E-state index in [0.29, 0.717) is 6.04 Å². The summed E-state index contributed by atoms with van der Waals surface area (Å²) in [6.07, 6.45) is 2.88. The van der Waals surface area contributed by atoms with Crippen LogP contribution in [0.4, 0.5) is 0 Å². The van der Waals surface area contributed by atoms with Crippen molar-refractivity contribution in [3.63, 3.8) is 0 Å². The van der Waals surface area contributed by atoms with E-state index in [4.69, 9.17) is 4.42 Å². The Morgan fingerprint density at radius 1 is 1.40 bits per heavy atom. The number of hydrogen-bond donors (Lipinski definition) is 1. The summed E-state index contributed by atoms with van der Waals surface area (Å²) in [6, 6.07) is 6.84. The summed E-state index contributed by atoms with van der Waals surface area (Å²) in [5, 5.41) is 4.48. The molecule has 1 heterocycles. The molecule has 0 aliphatic carbocycles. The molecule has 1 unspecified atom stereocenters. The first kappa shape index (κ1) is 10.2. The third-order valence-corrected chi connectivity index (χ3v) is 2.83. The summed E-state index contributed by atoms with van der Waals surface area (Å²) in [6.45, 7) is 4.25. The number of furan rings is 1. The van der Waals surface area contributed by atoms with E-state index in [0.717, 1.165) is 12.0 Å². The van der Waals surface area contributed by atoms with Gasteiger partial charge in [0, 0.05) is 11.4 Å². The van der Waals surface area contributed by atoms with Gasteiger partial charge in [-0.05, 0) is 44.5 Å². The summed E-state index contributed by atoms with van der Waals surface area (Å²) in [5.74, 6) is 0. The zero-order valence-electron chi connectivity index (χ0n) is 9.50. The van der Waals surface area contributed by atoms with E-state index in [1.54, 1.807) is 0 Å². The van der Waals surface area contributed by atoms with Gasteiger partial charge in [-0.15, -0.1) is 0 Å². The van der Waals surface area contributed by atoms with Crippen LogP contribution in [-0.4, -0.2) is 13.1 Å². The predicted molar refractivity (Wildman–Crippen MR) is 63.2 cm³/mol. The van der Waals surface area contributed by atoms with Crippen LogP contribution in [0, 0.1) is 6.92 Å².